The molecule has 0 amide bonds. The number of benzene rings is 3. The number of hydrogen-bond donors (Lipinski definition) is 1. The normalized spacial score (nSPS) is 12.1. The SMILES string of the molecule is O=CCCCCCCCOC(COCCCCCCCC(=O)O)COCCOCCOCCOCCOC(c1ccccc1)(c1ccccc1)c1ccccc1. The van der Waals surface area contributed by atoms with Gasteiger partial charge in [-0.25, -0.2) is 0 Å². The molecule has 1 unspecified atom stereocenters. The van der Waals surface area contributed by atoms with Gasteiger partial charge in [-0.15, -0.1) is 0 Å². The van der Waals surface area contributed by atoms with Gasteiger partial charge in [0.15, 0.2) is 0 Å². The zero-order valence-corrected chi connectivity index (χ0v) is 33.4. The van der Waals surface area contributed by atoms with Crippen LogP contribution < -0.4 is 0 Å². The first-order chi connectivity index (χ1) is 27.7. The van der Waals surface area contributed by atoms with Crippen LogP contribution in [0.3, 0.4) is 0 Å². The van der Waals surface area contributed by atoms with Gasteiger partial charge in [-0.1, -0.05) is 130 Å². The van der Waals surface area contributed by atoms with Crippen LogP contribution in [0.5, 0.6) is 0 Å². The van der Waals surface area contributed by atoms with Crippen LogP contribution in [0, 0.1) is 0 Å². The minimum atomic E-state index is -0.765. The Morgan fingerprint density at radius 2 is 0.911 bits per heavy atom. The lowest BCUT2D eigenvalue weighted by Crippen LogP contribution is -2.34. The zero-order chi connectivity index (χ0) is 39.6. The number of carbonyl (C=O) groups is 2. The Morgan fingerprint density at radius 1 is 0.500 bits per heavy atom. The lowest BCUT2D eigenvalue weighted by Gasteiger charge is -2.36. The van der Waals surface area contributed by atoms with Crippen molar-refractivity contribution in [2.75, 3.05) is 79.3 Å². The summed E-state index contributed by atoms with van der Waals surface area (Å²) in [4.78, 5) is 21.1. The van der Waals surface area contributed by atoms with Gasteiger partial charge in [0.1, 0.15) is 18.0 Å². The van der Waals surface area contributed by atoms with Gasteiger partial charge in [0.05, 0.1) is 66.1 Å². The number of ether oxygens (including phenoxy) is 7. The molecular formula is C46H66O10. The van der Waals surface area contributed by atoms with E-state index in [4.69, 9.17) is 38.3 Å². The fourth-order valence-electron chi connectivity index (χ4n) is 6.38. The Bertz CT molecular complexity index is 1260. The van der Waals surface area contributed by atoms with Gasteiger partial charge in [0.2, 0.25) is 0 Å². The number of aliphatic carboxylic acids is 1. The molecule has 3 aromatic rings. The van der Waals surface area contributed by atoms with E-state index in [1.165, 1.54) is 0 Å². The molecular weight excluding hydrogens is 712 g/mol. The maximum Gasteiger partial charge on any atom is 0.303 e. The molecule has 0 aromatic heterocycles. The molecule has 0 spiro atoms. The highest BCUT2D eigenvalue weighted by Crippen LogP contribution is 2.40. The van der Waals surface area contributed by atoms with E-state index in [0.717, 1.165) is 87.2 Å². The van der Waals surface area contributed by atoms with Crippen LogP contribution in [0.15, 0.2) is 91.0 Å². The number of aldehydes is 1. The molecule has 0 aliphatic heterocycles. The van der Waals surface area contributed by atoms with Crippen molar-refractivity contribution in [1.29, 1.82) is 0 Å². The molecule has 0 saturated carbocycles. The second kappa shape index (κ2) is 31.6. The average Bonchev–Trinajstić information content (AvgIpc) is 3.23. The molecule has 0 saturated heterocycles. The van der Waals surface area contributed by atoms with Crippen molar-refractivity contribution in [1.82, 2.24) is 0 Å². The predicted octanol–water partition coefficient (Wildman–Crippen LogP) is 8.43. The summed E-state index contributed by atoms with van der Waals surface area (Å²) < 4.78 is 41.9. The first-order valence-electron chi connectivity index (χ1n) is 20.6. The third-order valence-corrected chi connectivity index (χ3v) is 9.31. The maximum atomic E-state index is 10.6. The molecule has 3 rings (SSSR count). The fraction of sp³-hybridized carbons (Fsp3) is 0.565. The Hall–Kier alpha value is -3.48. The van der Waals surface area contributed by atoms with Crippen molar-refractivity contribution in [3.63, 3.8) is 0 Å². The quantitative estimate of drug-likeness (QED) is 0.0347. The standard InChI is InChI=1S/C46H66O10/c47-28-18-5-1-2-7-20-30-55-44(39-53-29-19-6-3-4-17-27-45(48)49)40-54-36-35-51-32-31-50-33-34-52-37-38-56-46(41-21-11-8-12-22-41,42-23-13-9-14-24-42)43-25-15-10-16-26-43/h8-16,21-26,28,44H,1-7,17-20,27,29-40H2,(H,48,49). The third-order valence-electron chi connectivity index (χ3n) is 9.31. The summed E-state index contributed by atoms with van der Waals surface area (Å²) in [6.07, 6.45) is 11.5. The van der Waals surface area contributed by atoms with Gasteiger partial charge in [-0.05, 0) is 42.4 Å². The molecule has 0 heterocycles. The third kappa shape index (κ3) is 20.1. The molecule has 0 aliphatic carbocycles. The number of rotatable bonds is 37. The maximum absolute atomic E-state index is 10.6. The highest BCUT2D eigenvalue weighted by Gasteiger charge is 2.37. The van der Waals surface area contributed by atoms with Gasteiger partial charge < -0.3 is 43.1 Å². The summed E-state index contributed by atoms with van der Waals surface area (Å²) in [6, 6.07) is 31.0. The molecule has 1 atom stereocenters. The molecule has 1 N–H and O–H groups in total. The molecule has 0 aliphatic rings. The Morgan fingerprint density at radius 3 is 1.41 bits per heavy atom. The van der Waals surface area contributed by atoms with Gasteiger partial charge >= 0.3 is 5.97 Å². The van der Waals surface area contributed by atoms with Crippen LogP contribution in [0.2, 0.25) is 0 Å². The zero-order valence-electron chi connectivity index (χ0n) is 33.4. The van der Waals surface area contributed by atoms with Gasteiger partial charge in [0, 0.05) is 26.1 Å². The van der Waals surface area contributed by atoms with Crippen molar-refractivity contribution in [2.24, 2.45) is 0 Å². The van der Waals surface area contributed by atoms with E-state index < -0.39 is 11.6 Å². The number of hydrogen-bond acceptors (Lipinski definition) is 9. The van der Waals surface area contributed by atoms with E-state index in [1.807, 2.05) is 54.6 Å². The molecule has 3 aromatic carbocycles. The van der Waals surface area contributed by atoms with Crippen LogP contribution in [-0.2, 0) is 48.3 Å². The monoisotopic (exact) mass is 778 g/mol. The molecule has 0 fully saturated rings. The lowest BCUT2D eigenvalue weighted by molar-refractivity contribution is -0.137. The fourth-order valence-corrected chi connectivity index (χ4v) is 6.38. The van der Waals surface area contributed by atoms with Gasteiger partial charge in [-0.2, -0.15) is 0 Å². The summed E-state index contributed by atoms with van der Waals surface area (Å²) in [5.74, 6) is -0.731. The summed E-state index contributed by atoms with van der Waals surface area (Å²) in [7, 11) is 0. The van der Waals surface area contributed by atoms with Gasteiger partial charge in [-0.3, -0.25) is 4.79 Å². The second-order valence-electron chi connectivity index (χ2n) is 13.7. The summed E-state index contributed by atoms with van der Waals surface area (Å²) in [5.41, 5.74) is 2.41. The van der Waals surface area contributed by atoms with Crippen LogP contribution in [0.1, 0.15) is 93.7 Å². The summed E-state index contributed by atoms with van der Waals surface area (Å²) in [6.45, 7) is 5.78. The number of carbonyl (C=O) groups excluding carboxylic acids is 1. The molecule has 10 nitrogen and oxygen atoms in total. The first kappa shape index (κ1) is 46.9. The van der Waals surface area contributed by atoms with Crippen LogP contribution in [0.4, 0.5) is 0 Å². The predicted molar refractivity (Wildman–Crippen MR) is 218 cm³/mol. The Kier molecular flexibility index (Phi) is 26.5. The highest BCUT2D eigenvalue weighted by atomic mass is 16.6. The van der Waals surface area contributed by atoms with E-state index >= 15 is 0 Å². The van der Waals surface area contributed by atoms with Crippen molar-refractivity contribution < 1.29 is 47.9 Å². The Balaban J connectivity index is 1.26. The van der Waals surface area contributed by atoms with Crippen molar-refractivity contribution in [3.8, 4) is 0 Å². The lowest BCUT2D eigenvalue weighted by atomic mass is 9.80. The minimum absolute atomic E-state index is 0.152. The van der Waals surface area contributed by atoms with Crippen molar-refractivity contribution >= 4 is 12.3 Å². The average molecular weight is 779 g/mol. The smallest absolute Gasteiger partial charge is 0.303 e. The van der Waals surface area contributed by atoms with Crippen molar-refractivity contribution in [3.05, 3.63) is 108 Å². The largest absolute Gasteiger partial charge is 0.481 e. The minimum Gasteiger partial charge on any atom is -0.481 e. The van der Waals surface area contributed by atoms with E-state index in [0.29, 0.717) is 85.7 Å². The molecule has 10 heteroatoms. The summed E-state index contributed by atoms with van der Waals surface area (Å²) in [5, 5.41) is 8.76. The van der Waals surface area contributed by atoms with Crippen LogP contribution in [0.25, 0.3) is 0 Å². The number of carboxylic acids is 1. The first-order valence-corrected chi connectivity index (χ1v) is 20.6. The second-order valence-corrected chi connectivity index (χ2v) is 13.7. The highest BCUT2D eigenvalue weighted by molar-refractivity contribution is 5.66. The van der Waals surface area contributed by atoms with E-state index in [-0.39, 0.29) is 12.5 Å². The number of carboxylic acid groups (broad SMARTS) is 1. The molecule has 0 bridgehead atoms. The molecule has 310 valence electrons. The van der Waals surface area contributed by atoms with Gasteiger partial charge in [0.25, 0.3) is 0 Å². The van der Waals surface area contributed by atoms with E-state index in [1.54, 1.807) is 0 Å². The van der Waals surface area contributed by atoms with E-state index in [9.17, 15) is 9.59 Å². The van der Waals surface area contributed by atoms with E-state index in [2.05, 4.69) is 36.4 Å². The molecule has 56 heavy (non-hydrogen) atoms. The van der Waals surface area contributed by atoms with Crippen LogP contribution in [-0.4, -0.2) is 103 Å². The van der Waals surface area contributed by atoms with Crippen LogP contribution >= 0.6 is 0 Å². The van der Waals surface area contributed by atoms with Crippen molar-refractivity contribution in [2.45, 2.75) is 88.8 Å². The Labute approximate surface area is 335 Å². The molecule has 0 radical (unpaired) electrons. The number of unbranched alkanes of at least 4 members (excludes halogenated alkanes) is 9. The summed E-state index contributed by atoms with van der Waals surface area (Å²) >= 11 is 0. The topological polar surface area (TPSA) is 119 Å².